The molecule has 0 fully saturated rings. The second-order valence-corrected chi connectivity index (χ2v) is 9.43. The topological polar surface area (TPSA) is 128 Å². The number of hydrogen-bond donors (Lipinski definition) is 4. The summed E-state index contributed by atoms with van der Waals surface area (Å²) in [6, 6.07) is 17.8. The van der Waals surface area contributed by atoms with E-state index in [9.17, 15) is 28.6 Å². The van der Waals surface area contributed by atoms with Crippen LogP contribution in [0.25, 0.3) is 22.0 Å². The van der Waals surface area contributed by atoms with E-state index in [1.165, 1.54) is 24.3 Å². The van der Waals surface area contributed by atoms with Gasteiger partial charge in [0, 0.05) is 30.3 Å². The summed E-state index contributed by atoms with van der Waals surface area (Å²) in [5.74, 6) is -4.29. The SMILES string of the molecule is CC(F)(F)c1cccc(-c2ccc3nc(C(=O)N[C@@H](Cc4ccc(O)cc4)c4ncc[nH]4)cc(C(=O)O)c3c2)c1. The van der Waals surface area contributed by atoms with Crippen molar-refractivity contribution in [3.63, 3.8) is 0 Å². The molecule has 0 spiro atoms. The minimum absolute atomic E-state index is 0.104. The van der Waals surface area contributed by atoms with Crippen LogP contribution in [0.1, 0.15) is 50.8 Å². The predicted octanol–water partition coefficient (Wildman–Crippen LogP) is 5.85. The molecule has 1 atom stereocenters. The molecule has 3 aromatic carbocycles. The summed E-state index contributed by atoms with van der Waals surface area (Å²) in [6.45, 7) is 0.812. The van der Waals surface area contributed by atoms with Crippen LogP contribution in [0.15, 0.2) is 85.2 Å². The van der Waals surface area contributed by atoms with Crippen LogP contribution in [0.4, 0.5) is 8.78 Å². The minimum atomic E-state index is -3.03. The van der Waals surface area contributed by atoms with Crippen molar-refractivity contribution < 1.29 is 28.6 Å². The number of H-pyrrole nitrogens is 1. The zero-order valence-corrected chi connectivity index (χ0v) is 21.2. The smallest absolute Gasteiger partial charge is 0.336 e. The molecular weight excluding hydrogens is 518 g/mol. The first-order chi connectivity index (χ1) is 19.1. The molecule has 0 radical (unpaired) electrons. The van der Waals surface area contributed by atoms with E-state index in [0.717, 1.165) is 12.5 Å². The van der Waals surface area contributed by atoms with Crippen molar-refractivity contribution in [2.75, 3.05) is 0 Å². The molecule has 8 nitrogen and oxygen atoms in total. The Hall–Kier alpha value is -5.12. The zero-order valence-electron chi connectivity index (χ0n) is 21.2. The van der Waals surface area contributed by atoms with Gasteiger partial charge in [0.2, 0.25) is 0 Å². The molecule has 0 aliphatic heterocycles. The van der Waals surface area contributed by atoms with E-state index >= 15 is 0 Å². The van der Waals surface area contributed by atoms with Crippen molar-refractivity contribution in [2.24, 2.45) is 0 Å². The third-order valence-corrected chi connectivity index (χ3v) is 6.51. The summed E-state index contributed by atoms with van der Waals surface area (Å²) in [7, 11) is 0. The number of phenols is 1. The molecule has 1 amide bonds. The summed E-state index contributed by atoms with van der Waals surface area (Å²) in [6.07, 6.45) is 3.52. The van der Waals surface area contributed by atoms with Crippen LogP contribution in [-0.4, -0.2) is 37.0 Å². The number of nitrogens with zero attached hydrogens (tertiary/aromatic N) is 2. The summed E-state index contributed by atoms with van der Waals surface area (Å²) >= 11 is 0. The lowest BCUT2D eigenvalue weighted by Gasteiger charge is -2.17. The third-order valence-electron chi connectivity index (χ3n) is 6.51. The number of aromatic nitrogens is 3. The second kappa shape index (κ2) is 10.6. The van der Waals surface area contributed by atoms with Crippen molar-refractivity contribution in [1.82, 2.24) is 20.3 Å². The van der Waals surface area contributed by atoms with E-state index in [2.05, 4.69) is 20.3 Å². The number of carbonyl (C=O) groups excluding carboxylic acids is 1. The van der Waals surface area contributed by atoms with Gasteiger partial charge < -0.3 is 20.5 Å². The van der Waals surface area contributed by atoms with E-state index in [1.807, 2.05) is 0 Å². The molecular formula is C30H24F2N4O4. The molecule has 2 aromatic heterocycles. The van der Waals surface area contributed by atoms with Gasteiger partial charge in [-0.25, -0.2) is 23.5 Å². The lowest BCUT2D eigenvalue weighted by molar-refractivity contribution is 0.0175. The first kappa shape index (κ1) is 26.5. The molecule has 0 bridgehead atoms. The molecule has 4 N–H and O–H groups in total. The largest absolute Gasteiger partial charge is 0.508 e. The highest BCUT2D eigenvalue weighted by molar-refractivity contribution is 6.06. The summed E-state index contributed by atoms with van der Waals surface area (Å²) in [4.78, 5) is 37.2. The number of hydrogen-bond acceptors (Lipinski definition) is 5. The number of carboxylic acid groups (broad SMARTS) is 1. The summed E-state index contributed by atoms with van der Waals surface area (Å²) < 4.78 is 27.7. The third kappa shape index (κ3) is 5.65. The summed E-state index contributed by atoms with van der Waals surface area (Å²) in [5, 5.41) is 22.7. The molecule has 0 saturated heterocycles. The number of amides is 1. The van der Waals surface area contributed by atoms with Gasteiger partial charge in [0.15, 0.2) is 0 Å². The monoisotopic (exact) mass is 542 g/mol. The van der Waals surface area contributed by atoms with Crippen LogP contribution < -0.4 is 5.32 Å². The Morgan fingerprint density at radius 1 is 1.02 bits per heavy atom. The number of fused-ring (bicyclic) bond motifs is 1. The van der Waals surface area contributed by atoms with Crippen molar-refractivity contribution in [1.29, 1.82) is 0 Å². The van der Waals surface area contributed by atoms with Gasteiger partial charge in [0.25, 0.3) is 11.8 Å². The van der Waals surface area contributed by atoms with Crippen LogP contribution in [-0.2, 0) is 12.3 Å². The molecule has 0 aliphatic carbocycles. The Balaban J connectivity index is 1.48. The van der Waals surface area contributed by atoms with E-state index in [0.29, 0.717) is 23.4 Å². The van der Waals surface area contributed by atoms with Gasteiger partial charge in [-0.05, 0) is 59.5 Å². The van der Waals surface area contributed by atoms with Crippen LogP contribution >= 0.6 is 0 Å². The highest BCUT2D eigenvalue weighted by Crippen LogP contribution is 2.32. The number of phenolic OH excluding ortho intramolecular Hbond substituents is 1. The van der Waals surface area contributed by atoms with Crippen LogP contribution in [0.5, 0.6) is 5.75 Å². The number of alkyl halides is 2. The first-order valence-electron chi connectivity index (χ1n) is 12.3. The van der Waals surface area contributed by atoms with Gasteiger partial charge in [0.1, 0.15) is 17.3 Å². The Morgan fingerprint density at radius 3 is 2.45 bits per heavy atom. The van der Waals surface area contributed by atoms with Gasteiger partial charge in [-0.2, -0.15) is 0 Å². The number of aromatic amines is 1. The maximum atomic E-state index is 13.9. The molecule has 0 saturated carbocycles. The highest BCUT2D eigenvalue weighted by Gasteiger charge is 2.25. The number of pyridine rings is 1. The Labute approximate surface area is 227 Å². The number of nitrogens with one attached hydrogen (secondary N) is 2. The molecule has 202 valence electrons. The van der Waals surface area contributed by atoms with Crippen molar-refractivity contribution >= 4 is 22.8 Å². The van der Waals surface area contributed by atoms with Gasteiger partial charge >= 0.3 is 5.97 Å². The highest BCUT2D eigenvalue weighted by atomic mass is 19.3. The van der Waals surface area contributed by atoms with Crippen LogP contribution in [0.2, 0.25) is 0 Å². The average Bonchev–Trinajstić information content (AvgIpc) is 3.47. The van der Waals surface area contributed by atoms with Gasteiger partial charge in [-0.1, -0.05) is 36.4 Å². The Kier molecular flexibility index (Phi) is 7.00. The maximum absolute atomic E-state index is 13.9. The fourth-order valence-corrected chi connectivity index (χ4v) is 4.45. The number of imidazole rings is 1. The molecule has 10 heteroatoms. The fourth-order valence-electron chi connectivity index (χ4n) is 4.45. The Bertz CT molecular complexity index is 1700. The van der Waals surface area contributed by atoms with Crippen LogP contribution in [0, 0.1) is 0 Å². The quantitative estimate of drug-likeness (QED) is 0.195. The lowest BCUT2D eigenvalue weighted by Crippen LogP contribution is -2.31. The lowest BCUT2D eigenvalue weighted by atomic mass is 9.97. The predicted molar refractivity (Wildman–Crippen MR) is 144 cm³/mol. The van der Waals surface area contributed by atoms with Crippen LogP contribution in [0.3, 0.4) is 0 Å². The van der Waals surface area contributed by atoms with Crippen molar-refractivity contribution in [3.8, 4) is 16.9 Å². The average molecular weight is 543 g/mol. The number of aromatic carboxylic acids is 1. The van der Waals surface area contributed by atoms with Crippen molar-refractivity contribution in [3.05, 3.63) is 113 Å². The van der Waals surface area contributed by atoms with E-state index in [4.69, 9.17) is 0 Å². The number of rotatable bonds is 8. The molecule has 5 aromatic rings. The Morgan fingerprint density at radius 2 is 1.77 bits per heavy atom. The molecule has 0 aliphatic rings. The molecule has 40 heavy (non-hydrogen) atoms. The zero-order chi connectivity index (χ0) is 28.4. The number of carbonyl (C=O) groups is 2. The van der Waals surface area contributed by atoms with E-state index in [-0.39, 0.29) is 33.5 Å². The van der Waals surface area contributed by atoms with Gasteiger partial charge in [0.05, 0.1) is 17.1 Å². The van der Waals surface area contributed by atoms with Gasteiger partial charge in [-0.3, -0.25) is 4.79 Å². The number of aromatic hydroxyl groups is 1. The van der Waals surface area contributed by atoms with E-state index < -0.39 is 23.8 Å². The second-order valence-electron chi connectivity index (χ2n) is 9.43. The standard InChI is InChI=1S/C30H24F2N4O4/c1-30(31,32)20-4-2-3-18(14-20)19-7-10-24-22(15-19)23(29(39)40)16-26(35-24)28(38)36-25(27-33-11-12-34-27)13-17-5-8-21(37)9-6-17/h2-12,14-16,25,37H,13H2,1H3,(H,33,34)(H,36,38)(H,39,40)/t25-/m0/s1. The number of halogens is 2. The van der Waals surface area contributed by atoms with Crippen molar-refractivity contribution in [2.45, 2.75) is 25.3 Å². The van der Waals surface area contributed by atoms with Gasteiger partial charge in [-0.15, -0.1) is 0 Å². The number of benzene rings is 3. The van der Waals surface area contributed by atoms with E-state index in [1.54, 1.807) is 60.9 Å². The molecule has 5 rings (SSSR count). The maximum Gasteiger partial charge on any atom is 0.336 e. The molecule has 0 unspecified atom stereocenters. The minimum Gasteiger partial charge on any atom is -0.508 e. The first-order valence-corrected chi connectivity index (χ1v) is 12.3. The summed E-state index contributed by atoms with van der Waals surface area (Å²) in [5.41, 5.74) is 1.71. The fraction of sp³-hybridized carbons (Fsp3) is 0.133. The number of carboxylic acids is 1. The normalized spacial score (nSPS) is 12.3. The molecule has 2 heterocycles.